The Balaban J connectivity index is 2.99. The lowest BCUT2D eigenvalue weighted by atomic mass is 10.1. The van der Waals surface area contributed by atoms with Gasteiger partial charge in [-0.25, -0.2) is 4.39 Å². The second-order valence-corrected chi connectivity index (χ2v) is 3.81. The zero-order valence-electron chi connectivity index (χ0n) is 8.91. The van der Waals surface area contributed by atoms with Crippen LogP contribution >= 0.6 is 0 Å². The zero-order chi connectivity index (χ0) is 12.3. The molecule has 0 aliphatic rings. The third-order valence-electron chi connectivity index (χ3n) is 1.91. The van der Waals surface area contributed by atoms with Crippen LogP contribution in [-0.4, -0.2) is 16.6 Å². The number of aliphatic hydroxyl groups is 1. The number of hydrogen-bond donors (Lipinski definition) is 2. The van der Waals surface area contributed by atoms with Crippen LogP contribution in [-0.2, 0) is 4.79 Å². The van der Waals surface area contributed by atoms with Crippen LogP contribution < -0.4 is 5.32 Å². The molecule has 0 saturated heterocycles. The van der Waals surface area contributed by atoms with E-state index in [0.29, 0.717) is 0 Å². The minimum absolute atomic E-state index is 0.0117. The number of anilines is 1. The highest BCUT2D eigenvalue weighted by Gasteiger charge is 2.24. The fourth-order valence-corrected chi connectivity index (χ4v) is 0.993. The monoisotopic (exact) mass is 222 g/mol. The van der Waals surface area contributed by atoms with Gasteiger partial charge in [0.15, 0.2) is 0 Å². The number of rotatable bonds is 2. The molecule has 0 saturated carbocycles. The summed E-state index contributed by atoms with van der Waals surface area (Å²) in [5, 5.41) is 20.5. The van der Waals surface area contributed by atoms with Gasteiger partial charge in [-0.05, 0) is 32.0 Å². The molecule has 1 aromatic rings. The lowest BCUT2D eigenvalue weighted by Gasteiger charge is -2.17. The van der Waals surface area contributed by atoms with Crippen molar-refractivity contribution in [2.45, 2.75) is 19.4 Å². The van der Waals surface area contributed by atoms with Gasteiger partial charge in [-0.15, -0.1) is 0 Å². The van der Waals surface area contributed by atoms with E-state index < -0.39 is 17.3 Å². The zero-order valence-corrected chi connectivity index (χ0v) is 8.91. The highest BCUT2D eigenvalue weighted by atomic mass is 19.1. The average Bonchev–Trinajstić information content (AvgIpc) is 2.19. The Morgan fingerprint density at radius 3 is 2.69 bits per heavy atom. The second-order valence-electron chi connectivity index (χ2n) is 3.81. The minimum Gasteiger partial charge on any atom is -0.381 e. The van der Waals surface area contributed by atoms with Gasteiger partial charge in [0.1, 0.15) is 17.5 Å². The number of benzene rings is 1. The summed E-state index contributed by atoms with van der Waals surface area (Å²) in [5.74, 6) is -1.21. The normalized spacial score (nSPS) is 10.7. The molecule has 4 nitrogen and oxygen atoms in total. The maximum Gasteiger partial charge on any atom is 0.255 e. The van der Waals surface area contributed by atoms with Crippen LogP contribution in [0.2, 0.25) is 0 Å². The van der Waals surface area contributed by atoms with Crippen molar-refractivity contribution in [1.29, 1.82) is 5.26 Å². The van der Waals surface area contributed by atoms with Gasteiger partial charge < -0.3 is 10.4 Å². The van der Waals surface area contributed by atoms with Crippen LogP contribution in [0.15, 0.2) is 18.2 Å². The summed E-state index contributed by atoms with van der Waals surface area (Å²) in [4.78, 5) is 11.4. The van der Waals surface area contributed by atoms with E-state index in [1.165, 1.54) is 19.9 Å². The molecule has 0 aliphatic carbocycles. The topological polar surface area (TPSA) is 73.1 Å². The highest BCUT2D eigenvalue weighted by Crippen LogP contribution is 2.17. The number of amides is 1. The quantitative estimate of drug-likeness (QED) is 0.794. The smallest absolute Gasteiger partial charge is 0.255 e. The van der Waals surface area contributed by atoms with Gasteiger partial charge in [0, 0.05) is 0 Å². The first kappa shape index (κ1) is 12.1. The number of nitrogens with zero attached hydrogens (tertiary/aromatic N) is 1. The Kier molecular flexibility index (Phi) is 3.25. The van der Waals surface area contributed by atoms with Crippen molar-refractivity contribution in [2.24, 2.45) is 0 Å². The predicted molar refractivity (Wildman–Crippen MR) is 56.0 cm³/mol. The molecule has 0 bridgehead atoms. The van der Waals surface area contributed by atoms with Crippen LogP contribution in [0.25, 0.3) is 0 Å². The summed E-state index contributed by atoms with van der Waals surface area (Å²) in [5.41, 5.74) is -1.37. The van der Waals surface area contributed by atoms with Crippen LogP contribution in [0.4, 0.5) is 10.1 Å². The number of nitrogens with one attached hydrogen (secondary N) is 1. The van der Waals surface area contributed by atoms with Crippen LogP contribution in [0.3, 0.4) is 0 Å². The Hall–Kier alpha value is -1.93. The number of carbonyl (C=O) groups is 1. The van der Waals surface area contributed by atoms with Crippen molar-refractivity contribution >= 4 is 11.6 Å². The standard InChI is InChI=1S/C11H11FN2O2/c1-11(2,16)10(15)14-9-4-3-8(12)5-7(9)6-13/h3-5,16H,1-2H3,(H,14,15). The van der Waals surface area contributed by atoms with E-state index in [1.807, 2.05) is 0 Å². The van der Waals surface area contributed by atoms with Crippen molar-refractivity contribution in [1.82, 2.24) is 0 Å². The number of hydrogen-bond acceptors (Lipinski definition) is 3. The van der Waals surface area contributed by atoms with E-state index in [1.54, 1.807) is 6.07 Å². The SMILES string of the molecule is CC(C)(O)C(=O)Nc1ccc(F)cc1C#N. The summed E-state index contributed by atoms with van der Waals surface area (Å²) in [7, 11) is 0. The van der Waals surface area contributed by atoms with Crippen molar-refractivity contribution in [3.8, 4) is 6.07 Å². The molecule has 16 heavy (non-hydrogen) atoms. The van der Waals surface area contributed by atoms with E-state index in [9.17, 15) is 14.3 Å². The van der Waals surface area contributed by atoms with Crippen LogP contribution in [0.1, 0.15) is 19.4 Å². The third-order valence-corrected chi connectivity index (χ3v) is 1.91. The number of carbonyl (C=O) groups excluding carboxylic acids is 1. The molecule has 0 spiro atoms. The molecule has 0 fully saturated rings. The Morgan fingerprint density at radius 2 is 2.19 bits per heavy atom. The van der Waals surface area contributed by atoms with Gasteiger partial charge in [0.2, 0.25) is 0 Å². The molecule has 1 rings (SSSR count). The van der Waals surface area contributed by atoms with Crippen molar-refractivity contribution in [3.05, 3.63) is 29.6 Å². The van der Waals surface area contributed by atoms with Gasteiger partial charge in [0.25, 0.3) is 5.91 Å². The van der Waals surface area contributed by atoms with E-state index in [4.69, 9.17) is 5.26 Å². The molecule has 84 valence electrons. The van der Waals surface area contributed by atoms with E-state index >= 15 is 0 Å². The summed E-state index contributed by atoms with van der Waals surface area (Å²) >= 11 is 0. The first-order valence-corrected chi connectivity index (χ1v) is 4.58. The molecule has 5 heteroatoms. The second kappa shape index (κ2) is 4.29. The summed E-state index contributed by atoms with van der Waals surface area (Å²) in [6.07, 6.45) is 0. The van der Waals surface area contributed by atoms with Gasteiger partial charge >= 0.3 is 0 Å². The first-order valence-electron chi connectivity index (χ1n) is 4.58. The molecule has 0 heterocycles. The maximum atomic E-state index is 12.8. The van der Waals surface area contributed by atoms with Crippen molar-refractivity contribution < 1.29 is 14.3 Å². The fraction of sp³-hybridized carbons (Fsp3) is 0.273. The maximum absolute atomic E-state index is 12.8. The lowest BCUT2D eigenvalue weighted by molar-refractivity contribution is -0.130. The molecule has 0 atom stereocenters. The van der Waals surface area contributed by atoms with E-state index in [2.05, 4.69) is 5.32 Å². The summed E-state index contributed by atoms with van der Waals surface area (Å²) < 4.78 is 12.8. The average molecular weight is 222 g/mol. The minimum atomic E-state index is -1.55. The van der Waals surface area contributed by atoms with Gasteiger partial charge in [-0.2, -0.15) is 5.26 Å². The molecule has 0 aliphatic heterocycles. The molecule has 1 amide bonds. The van der Waals surface area contributed by atoms with E-state index in [-0.39, 0.29) is 11.3 Å². The fourth-order valence-electron chi connectivity index (χ4n) is 0.993. The van der Waals surface area contributed by atoms with Crippen LogP contribution in [0.5, 0.6) is 0 Å². The van der Waals surface area contributed by atoms with Gasteiger partial charge in [0.05, 0.1) is 11.3 Å². The van der Waals surface area contributed by atoms with E-state index in [0.717, 1.165) is 12.1 Å². The number of halogens is 1. The highest BCUT2D eigenvalue weighted by molar-refractivity contribution is 5.97. The Morgan fingerprint density at radius 1 is 1.56 bits per heavy atom. The van der Waals surface area contributed by atoms with Gasteiger partial charge in [-0.1, -0.05) is 0 Å². The molecule has 1 aromatic carbocycles. The first-order chi connectivity index (χ1) is 7.34. The molecule has 0 aromatic heterocycles. The summed E-state index contributed by atoms with van der Waals surface area (Å²) in [6.45, 7) is 2.63. The van der Waals surface area contributed by atoms with Crippen molar-refractivity contribution in [2.75, 3.05) is 5.32 Å². The predicted octanol–water partition coefficient (Wildman–Crippen LogP) is 1.41. The third kappa shape index (κ3) is 2.78. The molecular weight excluding hydrogens is 211 g/mol. The lowest BCUT2D eigenvalue weighted by Crippen LogP contribution is -2.36. The number of nitriles is 1. The van der Waals surface area contributed by atoms with Crippen molar-refractivity contribution in [3.63, 3.8) is 0 Å². The Bertz CT molecular complexity index is 458. The largest absolute Gasteiger partial charge is 0.381 e. The molecule has 0 radical (unpaired) electrons. The van der Waals surface area contributed by atoms with Crippen LogP contribution in [0, 0.1) is 17.1 Å². The molecule has 2 N–H and O–H groups in total. The van der Waals surface area contributed by atoms with Gasteiger partial charge in [-0.3, -0.25) is 4.79 Å². The molecule has 0 unspecified atom stereocenters. The summed E-state index contributed by atoms with van der Waals surface area (Å²) in [6, 6.07) is 5.17. The Labute approximate surface area is 92.3 Å². The molecular formula is C11H11FN2O2.